The lowest BCUT2D eigenvalue weighted by Crippen LogP contribution is -2.03. The molecule has 5 heteroatoms. The van der Waals surface area contributed by atoms with Crippen LogP contribution in [-0.4, -0.2) is 19.6 Å². The summed E-state index contributed by atoms with van der Waals surface area (Å²) in [6, 6.07) is 0. The van der Waals surface area contributed by atoms with Crippen LogP contribution in [0.3, 0.4) is 0 Å². The molecule has 0 atom stereocenters. The second-order valence-corrected chi connectivity index (χ2v) is 4.42. The second-order valence-electron chi connectivity index (χ2n) is 3.33. The molecule has 0 rings (SSSR count). The van der Waals surface area contributed by atoms with E-state index in [1.807, 2.05) is 18.2 Å². The third kappa shape index (κ3) is 15.1. The van der Waals surface area contributed by atoms with E-state index in [-0.39, 0.29) is 6.61 Å². The van der Waals surface area contributed by atoms with Gasteiger partial charge in [-0.05, 0) is 25.7 Å². The Morgan fingerprint density at radius 2 is 1.53 bits per heavy atom. The lowest BCUT2D eigenvalue weighted by Gasteiger charge is -1.94. The summed E-state index contributed by atoms with van der Waals surface area (Å²) in [6.45, 7) is 2.07. The van der Waals surface area contributed by atoms with Crippen molar-refractivity contribution < 1.29 is 17.2 Å². The number of allylic oxidation sites excluding steroid dienone is 5. The first-order valence-electron chi connectivity index (χ1n) is 5.63. The average molecular weight is 260 g/mol. The van der Waals surface area contributed by atoms with Gasteiger partial charge in [-0.2, -0.15) is 8.42 Å². The van der Waals surface area contributed by atoms with Crippen molar-refractivity contribution in [1.29, 1.82) is 0 Å². The fourth-order valence-electron chi connectivity index (χ4n) is 1.05. The highest BCUT2D eigenvalue weighted by molar-refractivity contribution is 7.80. The number of rotatable bonds is 9. The van der Waals surface area contributed by atoms with Crippen LogP contribution in [0.4, 0.5) is 0 Å². The lowest BCUT2D eigenvalue weighted by molar-refractivity contribution is 0.273. The fraction of sp³-hybridized carbons (Fsp3) is 0.500. The maximum atomic E-state index is 10.2. The normalized spacial score (nSPS) is 13.3. The minimum absolute atomic E-state index is 0.0295. The van der Waals surface area contributed by atoms with Gasteiger partial charge in [0, 0.05) is 0 Å². The predicted octanol–water partition coefficient (Wildman–Crippen LogP) is 3.05. The third-order valence-corrected chi connectivity index (χ3v) is 2.26. The first kappa shape index (κ1) is 16.1. The highest BCUT2D eigenvalue weighted by Gasteiger charge is 2.00. The standard InChI is InChI=1S/C12H20O4S/c1-2-3-4-5-6-7-8-9-10-11-12-16-17(13,14)15/h3-4,6-7,9-10H,2,5,8,11-12H2,1H3,(H,13,14,15). The van der Waals surface area contributed by atoms with Crippen molar-refractivity contribution in [2.45, 2.75) is 32.6 Å². The van der Waals surface area contributed by atoms with Gasteiger partial charge >= 0.3 is 10.4 Å². The van der Waals surface area contributed by atoms with Crippen molar-refractivity contribution in [3.63, 3.8) is 0 Å². The van der Waals surface area contributed by atoms with Crippen LogP contribution in [0, 0.1) is 0 Å². The second kappa shape index (κ2) is 10.3. The Kier molecular flexibility index (Phi) is 9.71. The smallest absolute Gasteiger partial charge is 0.264 e. The van der Waals surface area contributed by atoms with E-state index in [1.54, 1.807) is 0 Å². The molecular weight excluding hydrogens is 240 g/mol. The molecule has 0 aliphatic heterocycles. The van der Waals surface area contributed by atoms with Gasteiger partial charge in [0.15, 0.2) is 0 Å². The van der Waals surface area contributed by atoms with Crippen molar-refractivity contribution in [3.8, 4) is 0 Å². The molecule has 0 radical (unpaired) electrons. The monoisotopic (exact) mass is 260 g/mol. The van der Waals surface area contributed by atoms with E-state index < -0.39 is 10.4 Å². The first-order valence-corrected chi connectivity index (χ1v) is 6.99. The molecule has 17 heavy (non-hydrogen) atoms. The van der Waals surface area contributed by atoms with Gasteiger partial charge < -0.3 is 0 Å². The molecule has 0 bridgehead atoms. The topological polar surface area (TPSA) is 63.6 Å². The van der Waals surface area contributed by atoms with Crippen LogP contribution < -0.4 is 0 Å². The molecule has 0 fully saturated rings. The molecule has 0 aromatic rings. The third-order valence-electron chi connectivity index (χ3n) is 1.80. The summed E-state index contributed by atoms with van der Waals surface area (Å²) in [7, 11) is -4.29. The summed E-state index contributed by atoms with van der Waals surface area (Å²) >= 11 is 0. The number of hydrogen-bond acceptors (Lipinski definition) is 3. The molecule has 0 aliphatic rings. The van der Waals surface area contributed by atoms with Crippen molar-refractivity contribution in [1.82, 2.24) is 0 Å². The largest absolute Gasteiger partial charge is 0.397 e. The molecular formula is C12H20O4S. The minimum Gasteiger partial charge on any atom is -0.264 e. The Labute approximate surface area is 104 Å². The van der Waals surface area contributed by atoms with Crippen LogP contribution in [0.1, 0.15) is 32.6 Å². The van der Waals surface area contributed by atoms with Crippen molar-refractivity contribution in [3.05, 3.63) is 36.5 Å². The molecule has 0 saturated heterocycles. The molecule has 1 N–H and O–H groups in total. The molecule has 0 spiro atoms. The first-order chi connectivity index (χ1) is 8.06. The van der Waals surface area contributed by atoms with Crippen molar-refractivity contribution in [2.75, 3.05) is 6.61 Å². The van der Waals surface area contributed by atoms with Gasteiger partial charge in [0.1, 0.15) is 0 Å². The minimum atomic E-state index is -4.29. The zero-order valence-corrected chi connectivity index (χ0v) is 10.9. The van der Waals surface area contributed by atoms with E-state index in [9.17, 15) is 8.42 Å². The van der Waals surface area contributed by atoms with E-state index in [0.29, 0.717) is 6.42 Å². The number of hydrogen-bond donors (Lipinski definition) is 1. The summed E-state index contributed by atoms with van der Waals surface area (Å²) in [5.74, 6) is 0. The van der Waals surface area contributed by atoms with E-state index in [2.05, 4.69) is 29.3 Å². The van der Waals surface area contributed by atoms with Gasteiger partial charge in [0.2, 0.25) is 0 Å². The van der Waals surface area contributed by atoms with E-state index in [1.165, 1.54) is 0 Å². The van der Waals surface area contributed by atoms with Gasteiger partial charge in [-0.3, -0.25) is 4.55 Å². The lowest BCUT2D eigenvalue weighted by atomic mass is 10.2. The Hall–Kier alpha value is -0.910. The van der Waals surface area contributed by atoms with E-state index in [0.717, 1.165) is 19.3 Å². The van der Waals surface area contributed by atoms with Gasteiger partial charge in [-0.25, -0.2) is 4.18 Å². The molecule has 0 amide bonds. The molecule has 98 valence electrons. The van der Waals surface area contributed by atoms with Crippen LogP contribution in [0.15, 0.2) is 36.5 Å². The summed E-state index contributed by atoms with van der Waals surface area (Å²) in [4.78, 5) is 0. The molecule has 0 heterocycles. The highest BCUT2D eigenvalue weighted by Crippen LogP contribution is 1.95. The van der Waals surface area contributed by atoms with Gasteiger partial charge in [0.05, 0.1) is 6.61 Å². The quantitative estimate of drug-likeness (QED) is 0.393. The SMILES string of the molecule is CCC=CCC=CCC=CCCOS(=O)(=O)O. The molecule has 0 aromatic heterocycles. The van der Waals surface area contributed by atoms with Crippen LogP contribution in [0.2, 0.25) is 0 Å². The summed E-state index contributed by atoms with van der Waals surface area (Å²) in [5.41, 5.74) is 0. The molecule has 0 unspecified atom stereocenters. The van der Waals surface area contributed by atoms with E-state index >= 15 is 0 Å². The van der Waals surface area contributed by atoms with Gasteiger partial charge in [-0.15, -0.1) is 0 Å². The zero-order chi connectivity index (χ0) is 13.0. The molecule has 0 aromatic carbocycles. The Balaban J connectivity index is 3.46. The van der Waals surface area contributed by atoms with Crippen LogP contribution in [-0.2, 0) is 14.6 Å². The van der Waals surface area contributed by atoms with Crippen LogP contribution in [0.25, 0.3) is 0 Å². The Morgan fingerprint density at radius 3 is 2.06 bits per heavy atom. The summed E-state index contributed by atoms with van der Waals surface area (Å²) in [6.07, 6.45) is 15.4. The van der Waals surface area contributed by atoms with E-state index in [4.69, 9.17) is 4.55 Å². The average Bonchev–Trinajstić information content (AvgIpc) is 2.24. The van der Waals surface area contributed by atoms with Gasteiger partial charge in [0.25, 0.3) is 0 Å². The Bertz CT molecular complexity index is 353. The van der Waals surface area contributed by atoms with Crippen molar-refractivity contribution in [2.24, 2.45) is 0 Å². The molecule has 0 aliphatic carbocycles. The summed E-state index contributed by atoms with van der Waals surface area (Å²) < 4.78 is 32.8. The van der Waals surface area contributed by atoms with Crippen LogP contribution in [0.5, 0.6) is 0 Å². The molecule has 4 nitrogen and oxygen atoms in total. The van der Waals surface area contributed by atoms with Crippen molar-refractivity contribution >= 4 is 10.4 Å². The van der Waals surface area contributed by atoms with Gasteiger partial charge in [-0.1, -0.05) is 43.4 Å². The summed E-state index contributed by atoms with van der Waals surface area (Å²) in [5, 5.41) is 0. The fourth-order valence-corrected chi connectivity index (χ4v) is 1.35. The highest BCUT2D eigenvalue weighted by atomic mass is 32.3. The maximum Gasteiger partial charge on any atom is 0.397 e. The Morgan fingerprint density at radius 1 is 1.00 bits per heavy atom. The molecule has 0 saturated carbocycles. The zero-order valence-electron chi connectivity index (χ0n) is 10.1. The maximum absolute atomic E-state index is 10.2. The van der Waals surface area contributed by atoms with Crippen LogP contribution >= 0.6 is 0 Å². The predicted molar refractivity (Wildman–Crippen MR) is 69.1 cm³/mol.